The lowest BCUT2D eigenvalue weighted by Crippen LogP contribution is -2.26. The summed E-state index contributed by atoms with van der Waals surface area (Å²) in [7, 11) is 0. The van der Waals surface area contributed by atoms with Crippen LogP contribution in [0.5, 0.6) is 0 Å². The summed E-state index contributed by atoms with van der Waals surface area (Å²) in [4.78, 5) is 18.4. The van der Waals surface area contributed by atoms with Crippen molar-refractivity contribution in [1.29, 1.82) is 5.41 Å². The van der Waals surface area contributed by atoms with Crippen molar-refractivity contribution >= 4 is 40.9 Å². The molecule has 4 rings (SSSR count). The third-order valence-corrected chi connectivity index (χ3v) is 6.03. The summed E-state index contributed by atoms with van der Waals surface area (Å²) >= 11 is 12.4. The summed E-state index contributed by atoms with van der Waals surface area (Å²) in [5.74, 6) is 1.11. The molecule has 166 valence electrons. The molecule has 0 spiro atoms. The minimum absolute atomic E-state index is 0.132. The third-order valence-electron chi connectivity index (χ3n) is 5.30. The van der Waals surface area contributed by atoms with E-state index >= 15 is 0 Å². The molecule has 2 N–H and O–H groups in total. The molecule has 33 heavy (non-hydrogen) atoms. The summed E-state index contributed by atoms with van der Waals surface area (Å²) in [6.45, 7) is 4.25. The Hall–Kier alpha value is -3.41. The van der Waals surface area contributed by atoms with Gasteiger partial charge in [-0.15, -0.1) is 0 Å². The van der Waals surface area contributed by atoms with Crippen molar-refractivity contribution in [2.45, 2.75) is 19.8 Å². The molecular weight excluding hydrogens is 455 g/mol. The van der Waals surface area contributed by atoms with E-state index in [1.54, 1.807) is 18.2 Å². The Morgan fingerprint density at radius 3 is 2.27 bits per heavy atom. The monoisotopic (exact) mass is 476 g/mol. The van der Waals surface area contributed by atoms with Crippen LogP contribution in [0.2, 0.25) is 10.0 Å². The molecule has 1 aromatic heterocycles. The van der Waals surface area contributed by atoms with E-state index in [9.17, 15) is 4.79 Å². The summed E-state index contributed by atoms with van der Waals surface area (Å²) in [5, 5.41) is 11.8. The third kappa shape index (κ3) is 4.70. The minimum Gasteiger partial charge on any atom is -0.339 e. The van der Waals surface area contributed by atoms with Crippen molar-refractivity contribution in [3.63, 3.8) is 0 Å². The SMILES string of the molecule is CC(C)c1ccc(-c2nc(Nc3ccccc3)c(C=N)c(=O)n2-c2ccc(Cl)c(Cl)c2)cc1. The fourth-order valence-corrected chi connectivity index (χ4v) is 3.78. The normalized spacial score (nSPS) is 10.9. The predicted octanol–water partition coefficient (Wildman–Crippen LogP) is 7.07. The van der Waals surface area contributed by atoms with Crippen LogP contribution in [0, 0.1) is 5.41 Å². The highest BCUT2D eigenvalue weighted by Crippen LogP contribution is 2.29. The Balaban J connectivity index is 1.98. The van der Waals surface area contributed by atoms with Crippen LogP contribution in [0.15, 0.2) is 77.6 Å². The molecule has 0 radical (unpaired) electrons. The first-order valence-electron chi connectivity index (χ1n) is 10.4. The maximum absolute atomic E-state index is 13.6. The van der Waals surface area contributed by atoms with Gasteiger partial charge in [0.05, 0.1) is 15.7 Å². The second-order valence-corrected chi connectivity index (χ2v) is 8.66. The van der Waals surface area contributed by atoms with E-state index in [1.807, 2.05) is 54.6 Å². The maximum Gasteiger partial charge on any atom is 0.269 e. The number of benzene rings is 3. The molecule has 3 aromatic carbocycles. The lowest BCUT2D eigenvalue weighted by atomic mass is 10.0. The van der Waals surface area contributed by atoms with Crippen LogP contribution in [-0.2, 0) is 0 Å². The zero-order valence-corrected chi connectivity index (χ0v) is 19.7. The molecule has 0 unspecified atom stereocenters. The van der Waals surface area contributed by atoms with Gasteiger partial charge in [-0.2, -0.15) is 0 Å². The van der Waals surface area contributed by atoms with E-state index in [0.717, 1.165) is 17.5 Å². The van der Waals surface area contributed by atoms with E-state index in [1.165, 1.54) is 10.1 Å². The summed E-state index contributed by atoms with van der Waals surface area (Å²) in [5.41, 5.74) is 2.96. The molecule has 5 nitrogen and oxygen atoms in total. The Bertz CT molecular complexity index is 1360. The zero-order chi connectivity index (χ0) is 23.5. The number of aromatic nitrogens is 2. The van der Waals surface area contributed by atoms with Gasteiger partial charge in [-0.05, 0) is 41.8 Å². The van der Waals surface area contributed by atoms with Gasteiger partial charge in [-0.25, -0.2) is 4.98 Å². The molecule has 0 saturated heterocycles. The van der Waals surface area contributed by atoms with Crippen LogP contribution < -0.4 is 10.9 Å². The summed E-state index contributed by atoms with van der Waals surface area (Å²) in [6, 6.07) is 22.3. The lowest BCUT2D eigenvalue weighted by molar-refractivity contribution is 0.866. The van der Waals surface area contributed by atoms with Crippen LogP contribution >= 0.6 is 23.2 Å². The van der Waals surface area contributed by atoms with E-state index in [-0.39, 0.29) is 11.1 Å². The molecule has 0 amide bonds. The largest absolute Gasteiger partial charge is 0.339 e. The topological polar surface area (TPSA) is 70.8 Å². The number of halogens is 2. The van der Waals surface area contributed by atoms with Crippen LogP contribution in [0.25, 0.3) is 17.1 Å². The van der Waals surface area contributed by atoms with E-state index < -0.39 is 0 Å². The highest BCUT2D eigenvalue weighted by Gasteiger charge is 2.19. The van der Waals surface area contributed by atoms with Crippen molar-refractivity contribution in [3.05, 3.63) is 104 Å². The molecule has 0 aliphatic carbocycles. The maximum atomic E-state index is 13.6. The van der Waals surface area contributed by atoms with Crippen molar-refractivity contribution in [2.75, 3.05) is 5.32 Å². The van der Waals surface area contributed by atoms with Crippen LogP contribution in [0.4, 0.5) is 11.5 Å². The summed E-state index contributed by atoms with van der Waals surface area (Å²) < 4.78 is 1.46. The molecule has 0 atom stereocenters. The van der Waals surface area contributed by atoms with Crippen LogP contribution in [0.3, 0.4) is 0 Å². The number of hydrogen-bond acceptors (Lipinski definition) is 4. The van der Waals surface area contributed by atoms with Gasteiger partial charge in [0.2, 0.25) is 0 Å². The molecular formula is C26H22Cl2N4O. The lowest BCUT2D eigenvalue weighted by Gasteiger charge is -2.18. The van der Waals surface area contributed by atoms with Gasteiger partial charge in [0, 0.05) is 17.5 Å². The second-order valence-electron chi connectivity index (χ2n) is 7.85. The van der Waals surface area contributed by atoms with Gasteiger partial charge < -0.3 is 10.7 Å². The van der Waals surface area contributed by atoms with Gasteiger partial charge in [0.15, 0.2) is 0 Å². The number of para-hydroxylation sites is 1. The Morgan fingerprint density at radius 2 is 1.67 bits per heavy atom. The molecule has 7 heteroatoms. The Kier molecular flexibility index (Phi) is 6.63. The number of nitrogens with zero attached hydrogens (tertiary/aromatic N) is 2. The first-order chi connectivity index (χ1) is 15.9. The molecule has 1 heterocycles. The number of nitrogens with one attached hydrogen (secondary N) is 2. The van der Waals surface area contributed by atoms with Crippen molar-refractivity contribution in [3.8, 4) is 17.1 Å². The Labute approximate surface area is 202 Å². The highest BCUT2D eigenvalue weighted by molar-refractivity contribution is 6.42. The second kappa shape index (κ2) is 9.61. The minimum atomic E-state index is -0.389. The Morgan fingerprint density at radius 1 is 0.970 bits per heavy atom. The first kappa shape index (κ1) is 22.8. The molecule has 4 aromatic rings. The quantitative estimate of drug-likeness (QED) is 0.292. The van der Waals surface area contributed by atoms with E-state index in [0.29, 0.717) is 33.3 Å². The number of anilines is 2. The van der Waals surface area contributed by atoms with E-state index in [2.05, 4.69) is 19.2 Å². The molecule has 0 fully saturated rings. The zero-order valence-electron chi connectivity index (χ0n) is 18.1. The average Bonchev–Trinajstić information content (AvgIpc) is 2.81. The van der Waals surface area contributed by atoms with E-state index in [4.69, 9.17) is 33.6 Å². The molecule has 0 aliphatic heterocycles. The van der Waals surface area contributed by atoms with Crippen LogP contribution in [-0.4, -0.2) is 15.8 Å². The molecule has 0 aliphatic rings. The smallest absolute Gasteiger partial charge is 0.269 e. The average molecular weight is 477 g/mol. The fourth-order valence-electron chi connectivity index (χ4n) is 3.49. The molecule has 0 saturated carbocycles. The van der Waals surface area contributed by atoms with Gasteiger partial charge >= 0.3 is 0 Å². The van der Waals surface area contributed by atoms with Crippen LogP contribution in [0.1, 0.15) is 30.9 Å². The van der Waals surface area contributed by atoms with Gasteiger partial charge in [0.25, 0.3) is 5.56 Å². The first-order valence-corrected chi connectivity index (χ1v) is 11.2. The molecule has 0 bridgehead atoms. The van der Waals surface area contributed by atoms with Crippen molar-refractivity contribution in [2.24, 2.45) is 0 Å². The highest BCUT2D eigenvalue weighted by atomic mass is 35.5. The van der Waals surface area contributed by atoms with Crippen molar-refractivity contribution in [1.82, 2.24) is 9.55 Å². The standard InChI is InChI=1S/C26H22Cl2N4O/c1-16(2)17-8-10-18(11-9-17)25-31-24(30-19-6-4-3-5-7-19)21(15-29)26(33)32(25)20-12-13-22(27)23(28)14-20/h3-16,29-30H,1-2H3. The van der Waals surface area contributed by atoms with Gasteiger partial charge in [-0.1, -0.05) is 79.5 Å². The predicted molar refractivity (Wildman–Crippen MR) is 137 cm³/mol. The van der Waals surface area contributed by atoms with Crippen molar-refractivity contribution < 1.29 is 0 Å². The van der Waals surface area contributed by atoms with Gasteiger partial charge in [-0.3, -0.25) is 9.36 Å². The summed E-state index contributed by atoms with van der Waals surface area (Å²) in [6.07, 6.45) is 1.01. The fraction of sp³-hybridized carbons (Fsp3) is 0.115. The van der Waals surface area contributed by atoms with Gasteiger partial charge in [0.1, 0.15) is 17.2 Å². The number of rotatable bonds is 6. The number of hydrogen-bond donors (Lipinski definition) is 2.